The largest absolute Gasteiger partial charge is 0.491 e. The number of ether oxygens (including phenoxy) is 1. The normalized spacial score (nSPS) is 10.2. The van der Waals surface area contributed by atoms with Crippen LogP contribution in [0, 0.1) is 5.82 Å². The average molecular weight is 268 g/mol. The zero-order chi connectivity index (χ0) is 13.1. The summed E-state index contributed by atoms with van der Waals surface area (Å²) in [6.07, 6.45) is 1.34. The van der Waals surface area contributed by atoms with Gasteiger partial charge in [0.1, 0.15) is 17.8 Å². The number of nitrogens with zero attached hydrogens (tertiary/aromatic N) is 2. The molecule has 6 heteroatoms. The molecule has 0 saturated heterocycles. The Morgan fingerprint density at radius 3 is 2.72 bits per heavy atom. The predicted octanol–water partition coefficient (Wildman–Crippen LogP) is 2.99. The average Bonchev–Trinajstić information content (AvgIpc) is 2.37. The lowest BCUT2D eigenvalue weighted by Gasteiger charge is -2.11. The third-order valence-corrected chi connectivity index (χ3v) is 2.67. The van der Waals surface area contributed by atoms with E-state index >= 15 is 0 Å². The van der Waals surface area contributed by atoms with Gasteiger partial charge in [0.15, 0.2) is 11.6 Å². The molecule has 18 heavy (non-hydrogen) atoms. The van der Waals surface area contributed by atoms with Crippen molar-refractivity contribution < 1.29 is 9.13 Å². The molecular weight excluding hydrogens is 257 g/mol. The van der Waals surface area contributed by atoms with Crippen LogP contribution in [-0.2, 0) is 0 Å². The SMILES string of the molecule is CNc1ncnc(-c2ccc(Cl)cc2F)c1OC. The first-order valence-electron chi connectivity index (χ1n) is 5.19. The highest BCUT2D eigenvalue weighted by atomic mass is 35.5. The number of benzene rings is 1. The Bertz CT molecular complexity index is 577. The molecule has 2 rings (SSSR count). The molecule has 0 amide bonds. The summed E-state index contributed by atoms with van der Waals surface area (Å²) in [6, 6.07) is 4.39. The van der Waals surface area contributed by atoms with Gasteiger partial charge in [-0.05, 0) is 18.2 Å². The molecule has 0 fully saturated rings. The van der Waals surface area contributed by atoms with Gasteiger partial charge in [-0.2, -0.15) is 0 Å². The molecule has 4 nitrogen and oxygen atoms in total. The summed E-state index contributed by atoms with van der Waals surface area (Å²) >= 11 is 5.72. The zero-order valence-corrected chi connectivity index (χ0v) is 10.6. The van der Waals surface area contributed by atoms with E-state index in [4.69, 9.17) is 16.3 Å². The maximum Gasteiger partial charge on any atom is 0.187 e. The van der Waals surface area contributed by atoms with Crippen LogP contribution in [0.15, 0.2) is 24.5 Å². The van der Waals surface area contributed by atoms with Crippen LogP contribution in [0.1, 0.15) is 0 Å². The third kappa shape index (κ3) is 2.22. The zero-order valence-electron chi connectivity index (χ0n) is 9.87. The summed E-state index contributed by atoms with van der Waals surface area (Å²) in [6.45, 7) is 0. The number of halogens is 2. The number of rotatable bonds is 3. The van der Waals surface area contributed by atoms with Crippen molar-refractivity contribution in [3.05, 3.63) is 35.4 Å². The summed E-state index contributed by atoms with van der Waals surface area (Å²) in [5, 5.41) is 3.19. The lowest BCUT2D eigenvalue weighted by molar-refractivity contribution is 0.414. The Balaban J connectivity index is 2.63. The van der Waals surface area contributed by atoms with Gasteiger partial charge < -0.3 is 10.1 Å². The molecule has 1 aromatic carbocycles. The van der Waals surface area contributed by atoms with Crippen LogP contribution < -0.4 is 10.1 Å². The van der Waals surface area contributed by atoms with Gasteiger partial charge in [0.25, 0.3) is 0 Å². The fourth-order valence-corrected chi connectivity index (χ4v) is 1.78. The van der Waals surface area contributed by atoms with Crippen molar-refractivity contribution in [1.29, 1.82) is 0 Å². The third-order valence-electron chi connectivity index (χ3n) is 2.43. The summed E-state index contributed by atoms with van der Waals surface area (Å²) < 4.78 is 19.1. The number of methoxy groups -OCH3 is 1. The first-order valence-corrected chi connectivity index (χ1v) is 5.57. The van der Waals surface area contributed by atoms with Crippen molar-refractivity contribution in [3.63, 3.8) is 0 Å². The Kier molecular flexibility index (Phi) is 3.62. The topological polar surface area (TPSA) is 47.0 Å². The number of aromatic nitrogens is 2. The molecule has 0 unspecified atom stereocenters. The monoisotopic (exact) mass is 267 g/mol. The van der Waals surface area contributed by atoms with Crippen LogP contribution in [0.5, 0.6) is 5.75 Å². The second kappa shape index (κ2) is 5.18. The summed E-state index contributed by atoms with van der Waals surface area (Å²) in [5.74, 6) is 0.430. The molecule has 0 bridgehead atoms. The van der Waals surface area contributed by atoms with Crippen LogP contribution in [0.25, 0.3) is 11.3 Å². The van der Waals surface area contributed by atoms with Gasteiger partial charge in [-0.3, -0.25) is 0 Å². The second-order valence-corrected chi connectivity index (χ2v) is 3.91. The molecule has 0 aliphatic carbocycles. The first kappa shape index (κ1) is 12.6. The number of anilines is 1. The molecule has 1 heterocycles. The molecule has 0 spiro atoms. The van der Waals surface area contributed by atoms with Crippen molar-refractivity contribution >= 4 is 17.4 Å². The van der Waals surface area contributed by atoms with Crippen LogP contribution in [0.2, 0.25) is 5.02 Å². The molecule has 94 valence electrons. The van der Waals surface area contributed by atoms with E-state index in [2.05, 4.69) is 15.3 Å². The van der Waals surface area contributed by atoms with E-state index in [1.807, 2.05) is 0 Å². The highest BCUT2D eigenvalue weighted by Gasteiger charge is 2.16. The van der Waals surface area contributed by atoms with Gasteiger partial charge in [0.2, 0.25) is 0 Å². The summed E-state index contributed by atoms with van der Waals surface area (Å²) in [5.41, 5.74) is 0.696. The van der Waals surface area contributed by atoms with E-state index in [9.17, 15) is 4.39 Å². The standard InChI is InChI=1S/C12H11ClFN3O/c1-15-12-11(18-2)10(16-6-17-12)8-4-3-7(13)5-9(8)14/h3-6H,1-2H3,(H,15,16,17). The van der Waals surface area contributed by atoms with E-state index in [-0.39, 0.29) is 0 Å². The van der Waals surface area contributed by atoms with Gasteiger partial charge in [0, 0.05) is 17.6 Å². The Labute approximate surface area is 109 Å². The minimum Gasteiger partial charge on any atom is -0.491 e. The second-order valence-electron chi connectivity index (χ2n) is 3.48. The lowest BCUT2D eigenvalue weighted by atomic mass is 10.1. The van der Waals surface area contributed by atoms with Gasteiger partial charge in [-0.1, -0.05) is 11.6 Å². The maximum absolute atomic E-state index is 13.9. The maximum atomic E-state index is 13.9. The van der Waals surface area contributed by atoms with E-state index in [0.717, 1.165) is 0 Å². The Hall–Kier alpha value is -1.88. The fraction of sp³-hybridized carbons (Fsp3) is 0.167. The molecule has 0 saturated carbocycles. The van der Waals surface area contributed by atoms with Crippen LogP contribution >= 0.6 is 11.6 Å². The molecule has 0 aliphatic heterocycles. The molecule has 0 radical (unpaired) electrons. The number of hydrogen-bond acceptors (Lipinski definition) is 4. The highest BCUT2D eigenvalue weighted by Crippen LogP contribution is 2.34. The van der Waals surface area contributed by atoms with Gasteiger partial charge in [0.05, 0.1) is 7.11 Å². The van der Waals surface area contributed by atoms with Crippen LogP contribution in [0.4, 0.5) is 10.2 Å². The smallest absolute Gasteiger partial charge is 0.187 e. The van der Waals surface area contributed by atoms with Crippen LogP contribution in [-0.4, -0.2) is 24.1 Å². The summed E-state index contributed by atoms with van der Waals surface area (Å²) in [4.78, 5) is 8.07. The molecule has 0 aliphatic rings. The van der Waals surface area contributed by atoms with E-state index in [1.54, 1.807) is 19.2 Å². The molecule has 1 N–H and O–H groups in total. The number of nitrogens with one attached hydrogen (secondary N) is 1. The van der Waals surface area contributed by atoms with E-state index < -0.39 is 5.82 Å². The molecule has 0 atom stereocenters. The molecule has 2 aromatic rings. The summed E-state index contributed by atoms with van der Waals surface area (Å²) in [7, 11) is 3.18. The van der Waals surface area contributed by atoms with Crippen molar-refractivity contribution in [2.45, 2.75) is 0 Å². The van der Waals surface area contributed by atoms with Crippen molar-refractivity contribution in [1.82, 2.24) is 9.97 Å². The molecule has 1 aromatic heterocycles. The van der Waals surface area contributed by atoms with Crippen molar-refractivity contribution in [2.24, 2.45) is 0 Å². The molecular formula is C12H11ClFN3O. The quantitative estimate of drug-likeness (QED) is 0.929. The Morgan fingerprint density at radius 1 is 1.33 bits per heavy atom. The number of hydrogen-bond donors (Lipinski definition) is 1. The fourth-order valence-electron chi connectivity index (χ4n) is 1.62. The van der Waals surface area contributed by atoms with E-state index in [1.165, 1.54) is 19.5 Å². The van der Waals surface area contributed by atoms with Gasteiger partial charge >= 0.3 is 0 Å². The van der Waals surface area contributed by atoms with Crippen LogP contribution in [0.3, 0.4) is 0 Å². The van der Waals surface area contributed by atoms with Crippen molar-refractivity contribution in [3.8, 4) is 17.0 Å². The predicted molar refractivity (Wildman–Crippen MR) is 68.5 cm³/mol. The van der Waals surface area contributed by atoms with Gasteiger partial charge in [-0.25, -0.2) is 14.4 Å². The first-order chi connectivity index (χ1) is 8.67. The minimum absolute atomic E-state index is 0.315. The van der Waals surface area contributed by atoms with Crippen molar-refractivity contribution in [2.75, 3.05) is 19.5 Å². The minimum atomic E-state index is -0.457. The van der Waals surface area contributed by atoms with Gasteiger partial charge in [-0.15, -0.1) is 0 Å². The highest BCUT2D eigenvalue weighted by molar-refractivity contribution is 6.30. The lowest BCUT2D eigenvalue weighted by Crippen LogP contribution is -2.01. The Morgan fingerprint density at radius 2 is 2.11 bits per heavy atom. The van der Waals surface area contributed by atoms with E-state index in [0.29, 0.717) is 27.8 Å².